The monoisotopic (exact) mass is 329 g/mol. The van der Waals surface area contributed by atoms with Gasteiger partial charge in [-0.15, -0.1) is 0 Å². The molecule has 0 amide bonds. The van der Waals surface area contributed by atoms with E-state index in [2.05, 4.69) is 40.8 Å². The molecule has 0 heterocycles. The summed E-state index contributed by atoms with van der Waals surface area (Å²) >= 11 is 2.40. The van der Waals surface area contributed by atoms with E-state index in [0.29, 0.717) is 0 Å². The third kappa shape index (κ3) is 2.63. The zero-order valence-electron chi connectivity index (χ0n) is 9.50. The molecule has 86 valence electrons. The van der Waals surface area contributed by atoms with Crippen LogP contribution in [0, 0.1) is 3.57 Å². The first-order valence-electron chi connectivity index (χ1n) is 5.63. The van der Waals surface area contributed by atoms with Gasteiger partial charge in [0.15, 0.2) is 0 Å². The molecule has 0 atom stereocenters. The highest BCUT2D eigenvalue weighted by molar-refractivity contribution is 14.1. The molecule has 0 aromatic heterocycles. The third-order valence-electron chi connectivity index (χ3n) is 2.83. The first-order valence-corrected chi connectivity index (χ1v) is 6.71. The Labute approximate surface area is 110 Å². The maximum atomic E-state index is 5.03. The summed E-state index contributed by atoms with van der Waals surface area (Å²) in [5.41, 5.74) is 4.13. The lowest BCUT2D eigenvalue weighted by atomic mass is 10.1. The van der Waals surface area contributed by atoms with Crippen LogP contribution in [-0.2, 0) is 11.2 Å². The normalized spacial score (nSPS) is 16.8. The van der Waals surface area contributed by atoms with Gasteiger partial charge in [0.1, 0.15) is 0 Å². The Morgan fingerprint density at radius 3 is 3.06 bits per heavy atom. The number of ether oxygens (including phenoxy) is 1. The van der Waals surface area contributed by atoms with Crippen molar-refractivity contribution in [3.05, 3.63) is 32.9 Å². The topological polar surface area (TPSA) is 21.6 Å². The van der Waals surface area contributed by atoms with Crippen LogP contribution in [-0.4, -0.2) is 26.0 Å². The molecule has 1 aliphatic rings. The van der Waals surface area contributed by atoms with Crippen LogP contribution in [0.2, 0.25) is 0 Å². The van der Waals surface area contributed by atoms with Crippen LogP contribution >= 0.6 is 22.6 Å². The number of benzene rings is 1. The Hall–Kier alpha value is -0.420. The van der Waals surface area contributed by atoms with Crippen molar-refractivity contribution in [2.24, 2.45) is 4.99 Å². The lowest BCUT2D eigenvalue weighted by Crippen LogP contribution is -2.00. The molecule has 0 aliphatic heterocycles. The summed E-state index contributed by atoms with van der Waals surface area (Å²) in [7, 11) is 1.74. The number of halogens is 1. The van der Waals surface area contributed by atoms with Crippen molar-refractivity contribution < 1.29 is 4.74 Å². The fourth-order valence-electron chi connectivity index (χ4n) is 2.06. The quantitative estimate of drug-likeness (QED) is 0.615. The molecular formula is C13H16INO. The maximum Gasteiger partial charge on any atom is 0.0479 e. The van der Waals surface area contributed by atoms with E-state index in [1.807, 2.05) is 0 Å². The summed E-state index contributed by atoms with van der Waals surface area (Å²) in [6, 6.07) is 6.51. The van der Waals surface area contributed by atoms with Gasteiger partial charge >= 0.3 is 0 Å². The molecule has 0 radical (unpaired) electrons. The summed E-state index contributed by atoms with van der Waals surface area (Å²) in [6.45, 7) is 1.68. The summed E-state index contributed by atoms with van der Waals surface area (Å²) in [5, 5.41) is 0. The average Bonchev–Trinajstić information content (AvgIpc) is 2.69. The number of fused-ring (bicyclic) bond motifs is 1. The third-order valence-corrected chi connectivity index (χ3v) is 3.73. The molecule has 0 fully saturated rings. The molecule has 1 aromatic carbocycles. The van der Waals surface area contributed by atoms with E-state index >= 15 is 0 Å². The van der Waals surface area contributed by atoms with Crippen LogP contribution in [0.5, 0.6) is 0 Å². The fourth-order valence-corrected chi connectivity index (χ4v) is 2.92. The van der Waals surface area contributed by atoms with Crippen molar-refractivity contribution in [1.82, 2.24) is 0 Å². The molecule has 0 N–H and O–H groups in total. The zero-order chi connectivity index (χ0) is 11.4. The first-order chi connectivity index (χ1) is 7.83. The minimum Gasteiger partial charge on any atom is -0.385 e. The molecule has 1 aliphatic carbocycles. The number of hydrogen-bond acceptors (Lipinski definition) is 2. The van der Waals surface area contributed by atoms with E-state index in [1.54, 1.807) is 7.11 Å². The lowest BCUT2D eigenvalue weighted by Gasteiger charge is -2.03. The highest BCUT2D eigenvalue weighted by atomic mass is 127. The fraction of sp³-hybridized carbons (Fsp3) is 0.462. The van der Waals surface area contributed by atoms with Crippen molar-refractivity contribution in [2.45, 2.75) is 19.3 Å². The molecule has 16 heavy (non-hydrogen) atoms. The van der Waals surface area contributed by atoms with Gasteiger partial charge in [-0.05, 0) is 53.5 Å². The van der Waals surface area contributed by atoms with Gasteiger partial charge in [-0.3, -0.25) is 4.99 Å². The van der Waals surface area contributed by atoms with Gasteiger partial charge in [-0.25, -0.2) is 0 Å². The average molecular weight is 329 g/mol. The Bertz CT molecular complexity index is 401. The minimum absolute atomic E-state index is 0.801. The molecule has 0 spiro atoms. The summed E-state index contributed by atoms with van der Waals surface area (Å²) in [5.74, 6) is 0. The van der Waals surface area contributed by atoms with Gasteiger partial charge in [0, 0.05) is 35.1 Å². The molecule has 0 saturated carbocycles. The van der Waals surface area contributed by atoms with Crippen molar-refractivity contribution in [1.29, 1.82) is 0 Å². The summed E-state index contributed by atoms with van der Waals surface area (Å²) in [6.07, 6.45) is 3.26. The highest BCUT2D eigenvalue weighted by Crippen LogP contribution is 2.27. The predicted octanol–water partition coefficient (Wildman–Crippen LogP) is 3.06. The number of aliphatic imine (C=N–C) groups is 1. The molecule has 0 bridgehead atoms. The number of rotatable bonds is 4. The molecular weight excluding hydrogens is 313 g/mol. The van der Waals surface area contributed by atoms with Gasteiger partial charge in [0.05, 0.1) is 0 Å². The minimum atomic E-state index is 0.801. The van der Waals surface area contributed by atoms with E-state index in [4.69, 9.17) is 9.73 Å². The number of methoxy groups -OCH3 is 1. The van der Waals surface area contributed by atoms with Crippen molar-refractivity contribution in [3.63, 3.8) is 0 Å². The van der Waals surface area contributed by atoms with E-state index in [-0.39, 0.29) is 0 Å². The van der Waals surface area contributed by atoms with Crippen LogP contribution in [0.25, 0.3) is 0 Å². The van der Waals surface area contributed by atoms with Crippen LogP contribution in [0.4, 0.5) is 0 Å². The maximum absolute atomic E-state index is 5.03. The van der Waals surface area contributed by atoms with E-state index in [1.165, 1.54) is 20.4 Å². The van der Waals surface area contributed by atoms with Crippen molar-refractivity contribution in [3.8, 4) is 0 Å². The van der Waals surface area contributed by atoms with Gasteiger partial charge < -0.3 is 4.74 Å². The van der Waals surface area contributed by atoms with Gasteiger partial charge in [0.25, 0.3) is 0 Å². The van der Waals surface area contributed by atoms with Crippen LogP contribution < -0.4 is 0 Å². The second-order valence-corrected chi connectivity index (χ2v) is 5.11. The van der Waals surface area contributed by atoms with Gasteiger partial charge in [0.2, 0.25) is 0 Å². The smallest absolute Gasteiger partial charge is 0.0479 e. The molecule has 1 aromatic rings. The second kappa shape index (κ2) is 5.77. The molecule has 3 heteroatoms. The second-order valence-electron chi connectivity index (χ2n) is 3.95. The Morgan fingerprint density at radius 2 is 2.25 bits per heavy atom. The number of aryl methyl sites for hydroxylation is 1. The van der Waals surface area contributed by atoms with E-state index in [0.717, 1.165) is 32.4 Å². The van der Waals surface area contributed by atoms with Crippen LogP contribution in [0.15, 0.2) is 23.2 Å². The molecule has 2 rings (SSSR count). The molecule has 0 unspecified atom stereocenters. The predicted molar refractivity (Wildman–Crippen MR) is 75.4 cm³/mol. The van der Waals surface area contributed by atoms with Crippen molar-refractivity contribution >= 4 is 28.3 Å². The largest absolute Gasteiger partial charge is 0.385 e. The Kier molecular flexibility index (Phi) is 4.35. The molecule has 2 nitrogen and oxygen atoms in total. The van der Waals surface area contributed by atoms with E-state index in [9.17, 15) is 0 Å². The Morgan fingerprint density at radius 1 is 1.38 bits per heavy atom. The lowest BCUT2D eigenvalue weighted by molar-refractivity contribution is 0.197. The zero-order valence-corrected chi connectivity index (χ0v) is 11.7. The number of nitrogens with zero attached hydrogens (tertiary/aromatic N) is 1. The van der Waals surface area contributed by atoms with Gasteiger partial charge in [-0.1, -0.05) is 12.1 Å². The van der Waals surface area contributed by atoms with Crippen LogP contribution in [0.3, 0.4) is 0 Å². The summed E-state index contributed by atoms with van der Waals surface area (Å²) in [4.78, 5) is 4.69. The molecule has 0 saturated heterocycles. The number of hydrogen-bond donors (Lipinski definition) is 0. The van der Waals surface area contributed by atoms with Crippen LogP contribution in [0.1, 0.15) is 24.0 Å². The van der Waals surface area contributed by atoms with Gasteiger partial charge in [-0.2, -0.15) is 0 Å². The van der Waals surface area contributed by atoms with Crippen molar-refractivity contribution in [2.75, 3.05) is 20.3 Å². The van der Waals surface area contributed by atoms with E-state index < -0.39 is 0 Å². The summed E-state index contributed by atoms with van der Waals surface area (Å²) < 4.78 is 6.36. The SMILES string of the molecule is COCCCN=C1CCc2cccc(I)c21. The first kappa shape index (κ1) is 12.0. The standard InChI is InChI=1S/C13H16INO/c1-16-9-3-8-15-12-7-6-10-4-2-5-11(14)13(10)12/h2,4-5H,3,6-9H2,1H3. The highest BCUT2D eigenvalue weighted by Gasteiger charge is 2.19. The Balaban J connectivity index is 2.10.